The molecule has 0 saturated carbocycles. The van der Waals surface area contributed by atoms with Crippen LogP contribution < -0.4 is 0 Å². The average molecular weight is 567 g/mol. The van der Waals surface area contributed by atoms with Crippen LogP contribution in [0.15, 0.2) is 36.0 Å². The second-order valence-corrected chi connectivity index (χ2v) is 11.5. The molecule has 40 heavy (non-hydrogen) atoms. The molecule has 0 N–H and O–H groups in total. The Bertz CT molecular complexity index is 771. The third kappa shape index (κ3) is 16.5. The van der Waals surface area contributed by atoms with E-state index in [1.807, 2.05) is 12.2 Å². The Morgan fingerprint density at radius 3 is 2.00 bits per heavy atom. The summed E-state index contributed by atoms with van der Waals surface area (Å²) < 4.78 is 28.6. The molecule has 0 amide bonds. The van der Waals surface area contributed by atoms with Crippen molar-refractivity contribution >= 4 is 12.3 Å². The van der Waals surface area contributed by atoms with Gasteiger partial charge < -0.3 is 28.5 Å². The topological polar surface area (TPSA) is 80.3 Å². The van der Waals surface area contributed by atoms with Crippen molar-refractivity contribution in [3.63, 3.8) is 0 Å². The summed E-state index contributed by atoms with van der Waals surface area (Å²) in [7, 11) is 4.70. The van der Waals surface area contributed by atoms with E-state index in [9.17, 15) is 9.59 Å². The van der Waals surface area contributed by atoms with Crippen molar-refractivity contribution in [1.29, 1.82) is 0 Å². The molecule has 0 unspecified atom stereocenters. The number of hydrogen-bond donors (Lipinski definition) is 0. The normalized spacial score (nSPS) is 18.2. The highest BCUT2D eigenvalue weighted by molar-refractivity contribution is 5.82. The van der Waals surface area contributed by atoms with E-state index in [4.69, 9.17) is 18.9 Å². The van der Waals surface area contributed by atoms with Gasteiger partial charge in [0.25, 0.3) is 0 Å². The lowest BCUT2D eigenvalue weighted by Gasteiger charge is -2.37. The van der Waals surface area contributed by atoms with E-state index in [2.05, 4.69) is 66.2 Å². The Kier molecular flexibility index (Phi) is 20.9. The SMILES string of the molecule is COC(=O)/C=C/C=C/C[C@@H](OC(C)C)[C@@H](C)[C@H](OC(C)C)[C@H](C)CC[C@H](OC)/C(C)=C\C[C@@H](C)C[C@H](C=O)OC. The zero-order valence-electron chi connectivity index (χ0n) is 27.1. The van der Waals surface area contributed by atoms with Gasteiger partial charge in [0.15, 0.2) is 0 Å². The number of rotatable bonds is 22. The Morgan fingerprint density at radius 2 is 1.48 bits per heavy atom. The summed E-state index contributed by atoms with van der Waals surface area (Å²) in [5.41, 5.74) is 1.21. The summed E-state index contributed by atoms with van der Waals surface area (Å²) in [6, 6.07) is 0. The number of esters is 1. The van der Waals surface area contributed by atoms with Gasteiger partial charge in [-0.3, -0.25) is 0 Å². The second-order valence-electron chi connectivity index (χ2n) is 11.5. The highest BCUT2D eigenvalue weighted by Crippen LogP contribution is 2.30. The summed E-state index contributed by atoms with van der Waals surface area (Å²) >= 11 is 0. The van der Waals surface area contributed by atoms with Gasteiger partial charge in [0.2, 0.25) is 0 Å². The number of carbonyl (C=O) groups excluding carboxylic acids is 2. The minimum atomic E-state index is -0.376. The van der Waals surface area contributed by atoms with Crippen molar-refractivity contribution < 1.29 is 33.3 Å². The first kappa shape index (κ1) is 38.2. The lowest BCUT2D eigenvalue weighted by Crippen LogP contribution is -2.40. The largest absolute Gasteiger partial charge is 0.466 e. The van der Waals surface area contributed by atoms with E-state index in [0.717, 1.165) is 25.5 Å². The molecule has 7 heteroatoms. The monoisotopic (exact) mass is 566 g/mol. The second kappa shape index (κ2) is 21.9. The van der Waals surface area contributed by atoms with Crippen LogP contribution in [0, 0.1) is 17.8 Å². The minimum Gasteiger partial charge on any atom is -0.466 e. The van der Waals surface area contributed by atoms with Crippen molar-refractivity contribution in [2.24, 2.45) is 17.8 Å². The van der Waals surface area contributed by atoms with Crippen LogP contribution in [0.4, 0.5) is 0 Å². The summed E-state index contributed by atoms with van der Waals surface area (Å²) in [5.74, 6) is 0.408. The molecular weight excluding hydrogens is 508 g/mol. The maximum absolute atomic E-state index is 11.3. The average Bonchev–Trinajstić information content (AvgIpc) is 2.91. The fourth-order valence-corrected chi connectivity index (χ4v) is 4.87. The number of aldehydes is 1. The molecule has 0 aliphatic heterocycles. The summed E-state index contributed by atoms with van der Waals surface area (Å²) in [5, 5.41) is 0. The molecule has 0 rings (SSSR count). The zero-order chi connectivity index (χ0) is 30.7. The highest BCUT2D eigenvalue weighted by atomic mass is 16.5. The first-order valence-corrected chi connectivity index (χ1v) is 14.8. The summed E-state index contributed by atoms with van der Waals surface area (Å²) in [4.78, 5) is 22.4. The minimum absolute atomic E-state index is 0.0129. The Hall–Kier alpha value is -1.80. The molecule has 0 aromatic carbocycles. The van der Waals surface area contributed by atoms with Crippen molar-refractivity contribution in [3.05, 3.63) is 36.0 Å². The molecule has 0 aliphatic rings. The molecule has 232 valence electrons. The van der Waals surface area contributed by atoms with Crippen molar-refractivity contribution in [1.82, 2.24) is 0 Å². The smallest absolute Gasteiger partial charge is 0.330 e. The van der Waals surface area contributed by atoms with E-state index in [1.165, 1.54) is 18.8 Å². The maximum Gasteiger partial charge on any atom is 0.330 e. The molecule has 0 spiro atoms. The predicted octanol–water partition coefficient (Wildman–Crippen LogP) is 6.89. The Morgan fingerprint density at radius 1 is 0.825 bits per heavy atom. The van der Waals surface area contributed by atoms with Crippen LogP contribution in [0.3, 0.4) is 0 Å². The molecule has 0 aromatic rings. The van der Waals surface area contributed by atoms with Gasteiger partial charge in [-0.2, -0.15) is 0 Å². The van der Waals surface area contributed by atoms with Gasteiger partial charge in [-0.15, -0.1) is 0 Å². The third-order valence-corrected chi connectivity index (χ3v) is 7.20. The van der Waals surface area contributed by atoms with E-state index in [1.54, 1.807) is 20.3 Å². The molecule has 7 atom stereocenters. The molecule has 0 bridgehead atoms. The summed E-state index contributed by atoms with van der Waals surface area (Å²) in [6.45, 7) is 17.0. The van der Waals surface area contributed by atoms with Gasteiger partial charge in [0, 0.05) is 26.2 Å². The van der Waals surface area contributed by atoms with Crippen LogP contribution in [0.2, 0.25) is 0 Å². The molecule has 0 aliphatic carbocycles. The van der Waals surface area contributed by atoms with Crippen molar-refractivity contribution in [2.75, 3.05) is 21.3 Å². The van der Waals surface area contributed by atoms with Gasteiger partial charge in [-0.25, -0.2) is 4.79 Å². The molecule has 0 radical (unpaired) electrons. The lowest BCUT2D eigenvalue weighted by molar-refractivity contribution is -0.134. The molecule has 0 fully saturated rings. The van der Waals surface area contributed by atoms with Gasteiger partial charge in [0.05, 0.1) is 37.6 Å². The summed E-state index contributed by atoms with van der Waals surface area (Å²) in [6.07, 6.45) is 14.1. The number of allylic oxidation sites excluding steroid dienone is 3. The van der Waals surface area contributed by atoms with Gasteiger partial charge in [0.1, 0.15) is 12.4 Å². The van der Waals surface area contributed by atoms with E-state index in [-0.39, 0.29) is 48.5 Å². The third-order valence-electron chi connectivity index (χ3n) is 7.20. The molecule has 0 heterocycles. The van der Waals surface area contributed by atoms with Gasteiger partial charge >= 0.3 is 5.97 Å². The quantitative estimate of drug-likeness (QED) is 0.0464. The first-order chi connectivity index (χ1) is 18.9. The fourth-order valence-electron chi connectivity index (χ4n) is 4.87. The maximum atomic E-state index is 11.3. The van der Waals surface area contributed by atoms with Crippen LogP contribution in [-0.2, 0) is 33.3 Å². The van der Waals surface area contributed by atoms with E-state index >= 15 is 0 Å². The Labute approximate surface area is 244 Å². The van der Waals surface area contributed by atoms with Crippen LogP contribution >= 0.6 is 0 Å². The lowest BCUT2D eigenvalue weighted by atomic mass is 9.84. The van der Waals surface area contributed by atoms with Gasteiger partial charge in [-0.05, 0) is 84.1 Å². The highest BCUT2D eigenvalue weighted by Gasteiger charge is 2.32. The van der Waals surface area contributed by atoms with Crippen LogP contribution in [0.1, 0.15) is 87.5 Å². The van der Waals surface area contributed by atoms with Gasteiger partial charge in [-0.1, -0.05) is 45.1 Å². The first-order valence-electron chi connectivity index (χ1n) is 14.8. The zero-order valence-corrected chi connectivity index (χ0v) is 27.1. The molecule has 0 aromatic heterocycles. The number of hydrogen-bond acceptors (Lipinski definition) is 7. The van der Waals surface area contributed by atoms with Crippen LogP contribution in [0.25, 0.3) is 0 Å². The number of ether oxygens (including phenoxy) is 5. The fraction of sp³-hybridized carbons (Fsp3) is 0.758. The predicted molar refractivity (Wildman–Crippen MR) is 162 cm³/mol. The van der Waals surface area contributed by atoms with E-state index < -0.39 is 0 Å². The standard InChI is InChI=1S/C33H58O7/c1-23(2)39-31(15-13-12-14-16-32(35)38-11)28(8)33(40-24(3)4)27(7)19-20-30(37-10)26(6)18-17-25(5)21-29(22-34)36-9/h12-14,16,18,22-25,27-31,33H,15,17,19-21H2,1-11H3/b13-12+,16-14+,26-18-/t25-,27-,28-,29-,30+,31-,33-/m1/s1. The van der Waals surface area contributed by atoms with Crippen molar-refractivity contribution in [2.45, 2.75) is 124 Å². The molecular formula is C33H58O7. The Balaban J connectivity index is 5.43. The van der Waals surface area contributed by atoms with Crippen molar-refractivity contribution in [3.8, 4) is 0 Å². The van der Waals surface area contributed by atoms with Crippen LogP contribution in [-0.4, -0.2) is 70.2 Å². The van der Waals surface area contributed by atoms with E-state index in [0.29, 0.717) is 24.7 Å². The molecule has 7 nitrogen and oxygen atoms in total. The number of carbonyl (C=O) groups is 2. The molecule has 0 saturated heterocycles. The number of methoxy groups -OCH3 is 3. The van der Waals surface area contributed by atoms with Crippen LogP contribution in [0.5, 0.6) is 0 Å².